The van der Waals surface area contributed by atoms with Crippen LogP contribution in [0.15, 0.2) is 12.1 Å². The molecule has 2 heteroatoms. The first-order chi connectivity index (χ1) is 8.57. The maximum atomic E-state index is 10.6. The molecule has 0 heterocycles. The zero-order chi connectivity index (χ0) is 14.8. The summed E-state index contributed by atoms with van der Waals surface area (Å²) >= 11 is 0. The van der Waals surface area contributed by atoms with E-state index >= 15 is 0 Å². The number of benzene rings is 1. The van der Waals surface area contributed by atoms with Crippen LogP contribution in [0.4, 0.5) is 0 Å². The van der Waals surface area contributed by atoms with Gasteiger partial charge < -0.3 is 5.11 Å². The summed E-state index contributed by atoms with van der Waals surface area (Å²) in [6, 6.07) is 4.40. The Hall–Kier alpha value is -0.550. The summed E-state index contributed by atoms with van der Waals surface area (Å²) in [4.78, 5) is 0. The minimum Gasteiger partial charge on any atom is -0.507 e. The lowest BCUT2D eigenvalue weighted by molar-refractivity contribution is 0.423. The molecule has 0 spiro atoms. The molecular formula is C17H29OP. The van der Waals surface area contributed by atoms with Crippen LogP contribution >= 0.6 is 8.58 Å². The van der Waals surface area contributed by atoms with Gasteiger partial charge >= 0.3 is 0 Å². The molecule has 0 fully saturated rings. The first-order valence-corrected chi connectivity index (χ1v) is 8.56. The maximum Gasteiger partial charge on any atom is 0.123 e. The molecule has 0 radical (unpaired) electrons. The topological polar surface area (TPSA) is 20.2 Å². The average Bonchev–Trinajstić information content (AvgIpc) is 2.24. The minimum absolute atomic E-state index is 0.0184. The van der Waals surface area contributed by atoms with Crippen LogP contribution in [-0.4, -0.2) is 11.3 Å². The zero-order valence-electron chi connectivity index (χ0n) is 13.5. The van der Waals surface area contributed by atoms with E-state index in [9.17, 15) is 5.11 Å². The summed E-state index contributed by atoms with van der Waals surface area (Å²) in [6.45, 7) is 15.2. The molecule has 0 aliphatic carbocycles. The minimum atomic E-state index is -0.0184. The third-order valence-corrected chi connectivity index (χ3v) is 4.52. The van der Waals surface area contributed by atoms with E-state index in [0.29, 0.717) is 5.75 Å². The van der Waals surface area contributed by atoms with Gasteiger partial charge in [0.1, 0.15) is 5.75 Å². The fourth-order valence-corrected chi connectivity index (χ4v) is 2.95. The molecule has 0 bridgehead atoms. The highest BCUT2D eigenvalue weighted by Gasteiger charge is 2.26. The highest BCUT2D eigenvalue weighted by molar-refractivity contribution is 7.37. The Morgan fingerprint density at radius 1 is 0.947 bits per heavy atom. The van der Waals surface area contributed by atoms with Crippen molar-refractivity contribution in [1.29, 1.82) is 0 Å². The van der Waals surface area contributed by atoms with E-state index in [4.69, 9.17) is 0 Å². The van der Waals surface area contributed by atoms with E-state index in [-0.39, 0.29) is 10.8 Å². The van der Waals surface area contributed by atoms with Crippen molar-refractivity contribution in [2.45, 2.75) is 65.5 Å². The molecular weight excluding hydrogens is 251 g/mol. The Morgan fingerprint density at radius 2 is 1.37 bits per heavy atom. The summed E-state index contributed by atoms with van der Waals surface area (Å²) in [5.74, 6) is 0.489. The van der Waals surface area contributed by atoms with Crippen LogP contribution in [0.2, 0.25) is 0 Å². The normalized spacial score (nSPS) is 13.4. The Morgan fingerprint density at radius 3 is 1.68 bits per heavy atom. The quantitative estimate of drug-likeness (QED) is 0.756. The van der Waals surface area contributed by atoms with Crippen LogP contribution in [0.5, 0.6) is 5.75 Å². The summed E-state index contributed by atoms with van der Waals surface area (Å²) in [7, 11) is 0.967. The predicted octanol–water partition coefficient (Wildman–Crippen LogP) is 5.19. The first kappa shape index (κ1) is 16.5. The molecule has 1 rings (SSSR count). The predicted molar refractivity (Wildman–Crippen MR) is 88.1 cm³/mol. The lowest BCUT2D eigenvalue weighted by Crippen LogP contribution is -2.17. The van der Waals surface area contributed by atoms with Gasteiger partial charge in [-0.25, -0.2) is 0 Å². The lowest BCUT2D eigenvalue weighted by Gasteiger charge is -2.28. The van der Waals surface area contributed by atoms with Crippen molar-refractivity contribution in [2.24, 2.45) is 0 Å². The largest absolute Gasteiger partial charge is 0.507 e. The third-order valence-electron chi connectivity index (χ3n) is 3.36. The second-order valence-corrected chi connectivity index (χ2v) is 8.88. The zero-order valence-corrected chi connectivity index (χ0v) is 14.5. The molecule has 108 valence electrons. The van der Waals surface area contributed by atoms with Crippen molar-refractivity contribution >= 4 is 8.58 Å². The molecule has 1 nitrogen and oxygen atoms in total. The number of phenols is 1. The lowest BCUT2D eigenvalue weighted by atomic mass is 9.78. The second kappa shape index (κ2) is 5.83. The number of phenolic OH excluding ortho intramolecular Hbond substituents is 1. The van der Waals surface area contributed by atoms with Crippen molar-refractivity contribution in [2.75, 3.05) is 6.16 Å². The molecule has 1 unspecified atom stereocenters. The van der Waals surface area contributed by atoms with E-state index in [1.54, 1.807) is 0 Å². The van der Waals surface area contributed by atoms with Gasteiger partial charge in [-0.3, -0.25) is 0 Å². The molecule has 0 aliphatic rings. The number of hydrogen-bond donors (Lipinski definition) is 1. The molecule has 1 atom stereocenters. The molecule has 19 heavy (non-hydrogen) atoms. The van der Waals surface area contributed by atoms with Gasteiger partial charge in [-0.1, -0.05) is 60.6 Å². The highest BCUT2D eigenvalue weighted by Crippen LogP contribution is 2.40. The Kier molecular flexibility index (Phi) is 5.07. The van der Waals surface area contributed by atoms with Crippen molar-refractivity contribution in [1.82, 2.24) is 0 Å². The summed E-state index contributed by atoms with van der Waals surface area (Å²) in [5, 5.41) is 10.6. The van der Waals surface area contributed by atoms with E-state index in [1.807, 2.05) is 0 Å². The van der Waals surface area contributed by atoms with Crippen LogP contribution in [0.3, 0.4) is 0 Å². The van der Waals surface area contributed by atoms with Crippen molar-refractivity contribution in [3.63, 3.8) is 0 Å². The van der Waals surface area contributed by atoms with Gasteiger partial charge in [-0.05, 0) is 39.8 Å². The fourth-order valence-electron chi connectivity index (χ4n) is 2.21. The van der Waals surface area contributed by atoms with Gasteiger partial charge in [-0.2, -0.15) is 0 Å². The van der Waals surface area contributed by atoms with E-state index in [0.717, 1.165) is 25.9 Å². The van der Waals surface area contributed by atoms with Crippen molar-refractivity contribution in [3.8, 4) is 5.75 Å². The van der Waals surface area contributed by atoms with E-state index in [1.165, 1.54) is 11.7 Å². The Balaban J connectivity index is 3.39. The van der Waals surface area contributed by atoms with Gasteiger partial charge in [0.15, 0.2) is 0 Å². The van der Waals surface area contributed by atoms with Gasteiger partial charge in [-0.15, -0.1) is 8.58 Å². The van der Waals surface area contributed by atoms with Crippen molar-refractivity contribution in [3.05, 3.63) is 28.8 Å². The number of hydrogen-bond acceptors (Lipinski definition) is 1. The van der Waals surface area contributed by atoms with E-state index in [2.05, 4.69) is 60.6 Å². The Bertz CT molecular complexity index is 401. The SMILES string of the molecule is CCPCc1cc(C(C)(C)C)c(O)c(C(C)(C)C)c1. The first-order valence-electron chi connectivity index (χ1n) is 7.15. The monoisotopic (exact) mass is 280 g/mol. The number of aromatic hydroxyl groups is 1. The average molecular weight is 280 g/mol. The Labute approximate surface area is 120 Å². The molecule has 0 saturated carbocycles. The fraction of sp³-hybridized carbons (Fsp3) is 0.647. The summed E-state index contributed by atoms with van der Waals surface area (Å²) < 4.78 is 0. The molecule has 0 aromatic heterocycles. The molecule has 1 aromatic carbocycles. The third kappa shape index (κ3) is 4.21. The van der Waals surface area contributed by atoms with E-state index < -0.39 is 0 Å². The van der Waals surface area contributed by atoms with Gasteiger partial charge in [0.25, 0.3) is 0 Å². The highest BCUT2D eigenvalue weighted by atomic mass is 31.1. The van der Waals surface area contributed by atoms with Crippen LogP contribution in [0.25, 0.3) is 0 Å². The van der Waals surface area contributed by atoms with Gasteiger partial charge in [0.05, 0.1) is 0 Å². The smallest absolute Gasteiger partial charge is 0.123 e. The van der Waals surface area contributed by atoms with Crippen LogP contribution in [0.1, 0.15) is 65.2 Å². The standard InChI is InChI=1S/C17H29OP/c1-8-19-11-12-9-13(16(2,3)4)15(18)14(10-12)17(5,6)7/h9-10,18-19H,8,11H2,1-7H3. The molecule has 1 aromatic rings. The molecule has 1 N–H and O–H groups in total. The maximum absolute atomic E-state index is 10.6. The van der Waals surface area contributed by atoms with Crippen LogP contribution < -0.4 is 0 Å². The molecule has 0 saturated heterocycles. The van der Waals surface area contributed by atoms with Crippen LogP contribution in [-0.2, 0) is 17.0 Å². The van der Waals surface area contributed by atoms with Gasteiger partial charge in [0, 0.05) is 0 Å². The van der Waals surface area contributed by atoms with Crippen molar-refractivity contribution < 1.29 is 5.11 Å². The van der Waals surface area contributed by atoms with Gasteiger partial charge in [0.2, 0.25) is 0 Å². The number of rotatable bonds is 3. The second-order valence-electron chi connectivity index (χ2n) is 7.32. The molecule has 0 aliphatic heterocycles. The van der Waals surface area contributed by atoms with Crippen LogP contribution in [0, 0.1) is 0 Å². The molecule has 0 amide bonds. The summed E-state index contributed by atoms with van der Waals surface area (Å²) in [5.41, 5.74) is 3.49. The summed E-state index contributed by atoms with van der Waals surface area (Å²) in [6.07, 6.45) is 2.36.